The number of carbonyl (C=O) groups excluding carboxylic acids is 1. The summed E-state index contributed by atoms with van der Waals surface area (Å²) in [6.45, 7) is -0.268. The van der Waals surface area contributed by atoms with Gasteiger partial charge in [-0.05, 0) is 24.3 Å². The van der Waals surface area contributed by atoms with Crippen molar-refractivity contribution in [1.29, 1.82) is 0 Å². The molecule has 0 radical (unpaired) electrons. The van der Waals surface area contributed by atoms with Gasteiger partial charge < -0.3 is 4.74 Å². The predicted molar refractivity (Wildman–Crippen MR) is 82.0 cm³/mol. The van der Waals surface area contributed by atoms with Crippen LogP contribution in [0.4, 0.5) is 4.39 Å². The molecule has 0 aliphatic heterocycles. The minimum absolute atomic E-state index is 0.268. The maximum Gasteiger partial charge on any atom is 0.277 e. The molecule has 0 fully saturated rings. The number of nitrogens with one attached hydrogen (secondary N) is 1. The molecule has 1 amide bonds. The second-order valence-corrected chi connectivity index (χ2v) is 5.71. The van der Waals surface area contributed by atoms with Gasteiger partial charge in [0.25, 0.3) is 5.91 Å². The van der Waals surface area contributed by atoms with E-state index in [9.17, 15) is 9.18 Å². The second kappa shape index (κ2) is 7.40. The van der Waals surface area contributed by atoms with Crippen LogP contribution < -0.4 is 10.2 Å². The lowest BCUT2D eigenvalue weighted by Gasteiger charge is -2.07. The molecule has 1 aromatic heterocycles. The van der Waals surface area contributed by atoms with Crippen LogP contribution in [-0.2, 0) is 4.79 Å². The highest BCUT2D eigenvalue weighted by atomic mass is 35.5. The number of hydrogen-bond acceptors (Lipinski definition) is 4. The number of rotatable bonds is 5. The van der Waals surface area contributed by atoms with Crippen molar-refractivity contribution in [1.82, 2.24) is 5.43 Å². The molecular weight excluding hydrogens is 338 g/mol. The molecule has 1 N–H and O–H groups in total. The van der Waals surface area contributed by atoms with Crippen LogP contribution in [0.1, 0.15) is 4.88 Å². The van der Waals surface area contributed by atoms with Gasteiger partial charge in [-0.2, -0.15) is 9.49 Å². The summed E-state index contributed by atoms with van der Waals surface area (Å²) >= 11 is 12.6. The Morgan fingerprint density at radius 2 is 2.19 bits per heavy atom. The Balaban J connectivity index is 1.82. The molecule has 21 heavy (non-hydrogen) atoms. The van der Waals surface area contributed by atoms with Crippen molar-refractivity contribution in [3.8, 4) is 5.75 Å². The van der Waals surface area contributed by atoms with E-state index in [-0.39, 0.29) is 11.7 Å². The Kier molecular flexibility index (Phi) is 5.55. The van der Waals surface area contributed by atoms with Crippen molar-refractivity contribution < 1.29 is 13.9 Å². The van der Waals surface area contributed by atoms with Gasteiger partial charge in [0.15, 0.2) is 11.7 Å². The zero-order valence-electron chi connectivity index (χ0n) is 10.5. The van der Waals surface area contributed by atoms with Crippen molar-refractivity contribution in [2.24, 2.45) is 5.10 Å². The van der Waals surface area contributed by atoms with Gasteiger partial charge in [-0.15, -0.1) is 11.3 Å². The quantitative estimate of drug-likeness (QED) is 0.662. The van der Waals surface area contributed by atoms with Gasteiger partial charge >= 0.3 is 0 Å². The van der Waals surface area contributed by atoms with Gasteiger partial charge in [-0.25, -0.2) is 5.43 Å². The van der Waals surface area contributed by atoms with Gasteiger partial charge in [0.1, 0.15) is 5.75 Å². The monoisotopic (exact) mass is 346 g/mol. The summed E-state index contributed by atoms with van der Waals surface area (Å²) in [5.41, 5.74) is 2.26. The van der Waals surface area contributed by atoms with Crippen LogP contribution in [0.15, 0.2) is 35.4 Å². The van der Waals surface area contributed by atoms with E-state index in [1.54, 1.807) is 18.2 Å². The van der Waals surface area contributed by atoms with Crippen LogP contribution >= 0.6 is 34.5 Å². The lowest BCUT2D eigenvalue weighted by Crippen LogP contribution is -2.24. The Hall–Kier alpha value is -1.63. The molecule has 0 aliphatic rings. The molecule has 2 rings (SSSR count). The first-order valence-electron chi connectivity index (χ1n) is 5.69. The van der Waals surface area contributed by atoms with Gasteiger partial charge in [0, 0.05) is 11.1 Å². The van der Waals surface area contributed by atoms with Crippen LogP contribution in [0.5, 0.6) is 5.75 Å². The minimum Gasteiger partial charge on any atom is -0.482 e. The highest BCUT2D eigenvalue weighted by Gasteiger charge is 2.06. The summed E-state index contributed by atoms with van der Waals surface area (Å²) in [5.74, 6) is -0.164. The number of hydrazone groups is 1. The van der Waals surface area contributed by atoms with E-state index in [0.717, 1.165) is 11.3 Å². The smallest absolute Gasteiger partial charge is 0.277 e. The van der Waals surface area contributed by atoms with Crippen LogP contribution in [0, 0.1) is 5.13 Å². The van der Waals surface area contributed by atoms with Crippen LogP contribution in [0.3, 0.4) is 0 Å². The third kappa shape index (κ3) is 5.00. The molecule has 0 bridgehead atoms. The predicted octanol–water partition coefficient (Wildman–Crippen LogP) is 3.72. The van der Waals surface area contributed by atoms with E-state index in [4.69, 9.17) is 27.9 Å². The average molecular weight is 347 g/mol. The van der Waals surface area contributed by atoms with E-state index < -0.39 is 5.91 Å². The number of ether oxygens (including phenoxy) is 1. The summed E-state index contributed by atoms with van der Waals surface area (Å²) in [7, 11) is 0. The van der Waals surface area contributed by atoms with Gasteiger partial charge in [-0.1, -0.05) is 23.2 Å². The first-order valence-corrected chi connectivity index (χ1v) is 7.27. The Bertz CT molecular complexity index is 676. The number of benzene rings is 1. The number of thiophene rings is 1. The van der Waals surface area contributed by atoms with Crippen LogP contribution in [0.2, 0.25) is 10.0 Å². The van der Waals surface area contributed by atoms with E-state index >= 15 is 0 Å². The number of hydrogen-bond donors (Lipinski definition) is 1. The van der Waals surface area contributed by atoms with Crippen molar-refractivity contribution in [3.05, 3.63) is 50.4 Å². The highest BCUT2D eigenvalue weighted by Crippen LogP contribution is 2.27. The van der Waals surface area contributed by atoms with E-state index in [1.165, 1.54) is 18.3 Å². The third-order valence-corrected chi connectivity index (χ3v) is 3.58. The molecular formula is C13H9Cl2FN2O2S. The zero-order chi connectivity index (χ0) is 15.2. The Morgan fingerprint density at radius 1 is 1.38 bits per heavy atom. The molecule has 0 saturated heterocycles. The molecule has 0 unspecified atom stereocenters. The average Bonchev–Trinajstić information content (AvgIpc) is 2.85. The number of carbonyl (C=O) groups is 1. The van der Waals surface area contributed by atoms with Crippen LogP contribution in [0.25, 0.3) is 0 Å². The maximum absolute atomic E-state index is 12.7. The molecule has 0 atom stereocenters. The first-order chi connectivity index (χ1) is 10.0. The van der Waals surface area contributed by atoms with E-state index in [0.29, 0.717) is 20.7 Å². The summed E-state index contributed by atoms with van der Waals surface area (Å²) in [5, 5.41) is 4.17. The molecule has 1 aromatic carbocycles. The molecule has 2 aromatic rings. The number of nitrogens with zero attached hydrogens (tertiary/aromatic N) is 1. The van der Waals surface area contributed by atoms with Gasteiger partial charge in [0.2, 0.25) is 0 Å². The molecule has 4 nitrogen and oxygen atoms in total. The zero-order valence-corrected chi connectivity index (χ0v) is 12.8. The fraction of sp³-hybridized carbons (Fsp3) is 0.0769. The van der Waals surface area contributed by atoms with Crippen molar-refractivity contribution in [2.45, 2.75) is 0 Å². The summed E-state index contributed by atoms with van der Waals surface area (Å²) in [6, 6.07) is 7.56. The fourth-order valence-corrected chi connectivity index (χ4v) is 2.27. The Morgan fingerprint density at radius 3 is 2.90 bits per heavy atom. The standard InChI is InChI=1S/C13H9Cl2FN2O2S/c14-8-1-3-10(15)11(5-8)20-7-13(19)18-17-6-9-2-4-12(16)21-9/h1-6H,7H2,(H,18,19). The summed E-state index contributed by atoms with van der Waals surface area (Å²) < 4.78 is 17.9. The second-order valence-electron chi connectivity index (χ2n) is 3.80. The minimum atomic E-state index is -0.473. The summed E-state index contributed by atoms with van der Waals surface area (Å²) in [4.78, 5) is 12.1. The van der Waals surface area contributed by atoms with Crippen molar-refractivity contribution in [3.63, 3.8) is 0 Å². The van der Waals surface area contributed by atoms with Gasteiger partial charge in [-0.3, -0.25) is 4.79 Å². The molecule has 0 aliphatic carbocycles. The lowest BCUT2D eigenvalue weighted by atomic mass is 10.3. The molecule has 110 valence electrons. The number of amides is 1. The van der Waals surface area contributed by atoms with E-state index in [2.05, 4.69) is 10.5 Å². The SMILES string of the molecule is O=C(COc1cc(Cl)ccc1Cl)NN=Cc1ccc(F)s1. The number of halogens is 3. The summed E-state index contributed by atoms with van der Waals surface area (Å²) in [6.07, 6.45) is 1.35. The fourth-order valence-electron chi connectivity index (χ4n) is 1.33. The van der Waals surface area contributed by atoms with Crippen molar-refractivity contribution >= 4 is 46.7 Å². The molecule has 0 spiro atoms. The normalized spacial score (nSPS) is 10.8. The molecule has 1 heterocycles. The van der Waals surface area contributed by atoms with E-state index in [1.807, 2.05) is 0 Å². The molecule has 0 saturated carbocycles. The van der Waals surface area contributed by atoms with Crippen LogP contribution in [-0.4, -0.2) is 18.7 Å². The highest BCUT2D eigenvalue weighted by molar-refractivity contribution is 7.12. The molecule has 8 heteroatoms. The largest absolute Gasteiger partial charge is 0.482 e. The maximum atomic E-state index is 12.7. The first kappa shape index (κ1) is 15.8. The van der Waals surface area contributed by atoms with Crippen molar-refractivity contribution in [2.75, 3.05) is 6.61 Å². The topological polar surface area (TPSA) is 50.7 Å². The Labute approximate surface area is 134 Å². The third-order valence-electron chi connectivity index (χ3n) is 2.23. The van der Waals surface area contributed by atoms with Gasteiger partial charge in [0.05, 0.1) is 16.1 Å². The lowest BCUT2D eigenvalue weighted by molar-refractivity contribution is -0.123.